The number of H-pyrrole nitrogens is 1. The van der Waals surface area contributed by atoms with Gasteiger partial charge in [-0.25, -0.2) is 9.97 Å². The van der Waals surface area contributed by atoms with E-state index in [2.05, 4.69) is 31.9 Å². The fourth-order valence-corrected chi connectivity index (χ4v) is 1.57. The molecule has 0 amide bonds. The summed E-state index contributed by atoms with van der Waals surface area (Å²) in [5.74, 6) is 6.06. The molecule has 3 aromatic heterocycles. The number of fused-ring (bicyclic) bond motifs is 1. The Balaban J connectivity index is 1.90. The second-order valence-corrected chi connectivity index (χ2v) is 3.47. The van der Waals surface area contributed by atoms with Gasteiger partial charge in [0.2, 0.25) is 0 Å². The fourth-order valence-electron chi connectivity index (χ4n) is 1.57. The predicted octanol–water partition coefficient (Wildman–Crippen LogP) is 1.21. The molecule has 82 valence electrons. The quantitative estimate of drug-likeness (QED) is 0.631. The highest BCUT2D eigenvalue weighted by Crippen LogP contribution is 2.10. The van der Waals surface area contributed by atoms with E-state index in [1.807, 2.05) is 24.5 Å². The molecule has 3 rings (SSSR count). The van der Waals surface area contributed by atoms with Gasteiger partial charge >= 0.3 is 0 Å². The predicted molar refractivity (Wildman–Crippen MR) is 63.0 cm³/mol. The van der Waals surface area contributed by atoms with Gasteiger partial charge in [-0.1, -0.05) is 5.92 Å². The van der Waals surface area contributed by atoms with Crippen LogP contribution in [0, 0.1) is 11.8 Å². The van der Waals surface area contributed by atoms with Gasteiger partial charge in [-0.05, 0) is 18.1 Å². The van der Waals surface area contributed by atoms with E-state index in [1.165, 1.54) is 6.33 Å². The number of nitrogens with zero attached hydrogens (tertiary/aromatic N) is 4. The smallest absolute Gasteiger partial charge is 0.141 e. The molecule has 0 aliphatic heterocycles. The fraction of sp³-hybridized carbons (Fsp3) is 0.0833. The van der Waals surface area contributed by atoms with Crippen LogP contribution in [0.2, 0.25) is 0 Å². The van der Waals surface area contributed by atoms with Crippen molar-refractivity contribution in [2.75, 3.05) is 0 Å². The first-order valence-corrected chi connectivity index (χ1v) is 5.18. The SMILES string of the molecule is C(#Cc1ncnc2[nH]ccc12)Cn1cccn1. The van der Waals surface area contributed by atoms with E-state index in [9.17, 15) is 0 Å². The van der Waals surface area contributed by atoms with Crippen LogP contribution >= 0.6 is 0 Å². The van der Waals surface area contributed by atoms with E-state index in [-0.39, 0.29) is 0 Å². The van der Waals surface area contributed by atoms with E-state index < -0.39 is 0 Å². The Bertz CT molecular complexity index is 684. The molecule has 5 nitrogen and oxygen atoms in total. The number of hydrogen-bond acceptors (Lipinski definition) is 3. The first-order chi connectivity index (χ1) is 8.43. The highest BCUT2D eigenvalue weighted by Gasteiger charge is 2.00. The second kappa shape index (κ2) is 4.10. The van der Waals surface area contributed by atoms with Crippen molar-refractivity contribution in [1.29, 1.82) is 0 Å². The Morgan fingerprint density at radius 3 is 3.24 bits per heavy atom. The average Bonchev–Trinajstić information content (AvgIpc) is 2.99. The van der Waals surface area contributed by atoms with Crippen molar-refractivity contribution in [3.63, 3.8) is 0 Å². The first kappa shape index (κ1) is 9.60. The van der Waals surface area contributed by atoms with Crippen LogP contribution in [-0.4, -0.2) is 24.7 Å². The molecule has 0 radical (unpaired) electrons. The Kier molecular flexibility index (Phi) is 2.32. The Morgan fingerprint density at radius 1 is 1.35 bits per heavy atom. The summed E-state index contributed by atoms with van der Waals surface area (Å²) in [6, 6.07) is 3.80. The van der Waals surface area contributed by atoms with Crippen LogP contribution in [0.25, 0.3) is 11.0 Å². The molecular formula is C12H9N5. The summed E-state index contributed by atoms with van der Waals surface area (Å²) in [4.78, 5) is 11.3. The van der Waals surface area contributed by atoms with Gasteiger partial charge in [-0.15, -0.1) is 0 Å². The molecule has 0 fully saturated rings. The van der Waals surface area contributed by atoms with Crippen LogP contribution in [-0.2, 0) is 6.54 Å². The zero-order chi connectivity index (χ0) is 11.5. The molecule has 1 N–H and O–H groups in total. The molecule has 0 saturated carbocycles. The monoisotopic (exact) mass is 223 g/mol. The molecule has 0 aromatic carbocycles. The molecule has 0 spiro atoms. The topological polar surface area (TPSA) is 59.4 Å². The molecule has 3 heterocycles. The van der Waals surface area contributed by atoms with Gasteiger partial charge in [-0.3, -0.25) is 4.68 Å². The Hall–Kier alpha value is -2.61. The summed E-state index contributed by atoms with van der Waals surface area (Å²) in [5.41, 5.74) is 1.55. The van der Waals surface area contributed by atoms with Gasteiger partial charge in [0.05, 0.1) is 5.39 Å². The summed E-state index contributed by atoms with van der Waals surface area (Å²) in [7, 11) is 0. The van der Waals surface area contributed by atoms with Gasteiger partial charge in [-0.2, -0.15) is 5.10 Å². The van der Waals surface area contributed by atoms with E-state index in [1.54, 1.807) is 10.9 Å². The van der Waals surface area contributed by atoms with Gasteiger partial charge in [0.25, 0.3) is 0 Å². The lowest BCUT2D eigenvalue weighted by Gasteiger charge is -1.92. The highest BCUT2D eigenvalue weighted by molar-refractivity contribution is 5.80. The Morgan fingerprint density at radius 2 is 2.35 bits per heavy atom. The minimum atomic E-state index is 0.558. The molecule has 3 aromatic rings. The van der Waals surface area contributed by atoms with Gasteiger partial charge in [0, 0.05) is 18.6 Å². The van der Waals surface area contributed by atoms with Crippen molar-refractivity contribution in [3.8, 4) is 11.8 Å². The maximum Gasteiger partial charge on any atom is 0.141 e. The van der Waals surface area contributed by atoms with E-state index in [0.717, 1.165) is 16.7 Å². The zero-order valence-corrected chi connectivity index (χ0v) is 8.96. The molecule has 0 atom stereocenters. The van der Waals surface area contributed by atoms with Crippen molar-refractivity contribution in [3.05, 3.63) is 42.7 Å². The van der Waals surface area contributed by atoms with Crippen LogP contribution in [0.4, 0.5) is 0 Å². The van der Waals surface area contributed by atoms with Crippen molar-refractivity contribution in [1.82, 2.24) is 24.7 Å². The normalized spacial score (nSPS) is 10.1. The molecular weight excluding hydrogens is 214 g/mol. The van der Waals surface area contributed by atoms with Crippen molar-refractivity contribution >= 4 is 11.0 Å². The van der Waals surface area contributed by atoms with Gasteiger partial charge in [0.1, 0.15) is 24.2 Å². The van der Waals surface area contributed by atoms with Crippen molar-refractivity contribution in [2.24, 2.45) is 0 Å². The average molecular weight is 223 g/mol. The van der Waals surface area contributed by atoms with Crippen LogP contribution in [0.3, 0.4) is 0 Å². The van der Waals surface area contributed by atoms with Gasteiger partial charge < -0.3 is 4.98 Å². The lowest BCUT2D eigenvalue weighted by atomic mass is 10.3. The van der Waals surface area contributed by atoms with E-state index in [4.69, 9.17) is 0 Å². The summed E-state index contributed by atoms with van der Waals surface area (Å²) >= 11 is 0. The zero-order valence-electron chi connectivity index (χ0n) is 8.96. The number of rotatable bonds is 1. The summed E-state index contributed by atoms with van der Waals surface area (Å²) in [6.07, 6.45) is 6.95. The van der Waals surface area contributed by atoms with E-state index >= 15 is 0 Å². The lowest BCUT2D eigenvalue weighted by Crippen LogP contribution is -1.95. The van der Waals surface area contributed by atoms with Crippen molar-refractivity contribution in [2.45, 2.75) is 6.54 Å². The van der Waals surface area contributed by atoms with Crippen molar-refractivity contribution < 1.29 is 0 Å². The molecule has 17 heavy (non-hydrogen) atoms. The molecule has 0 bridgehead atoms. The molecule has 0 aliphatic rings. The maximum atomic E-state index is 4.16. The summed E-state index contributed by atoms with van der Waals surface area (Å²) in [6.45, 7) is 0.558. The minimum absolute atomic E-state index is 0.558. The number of nitrogens with one attached hydrogen (secondary N) is 1. The van der Waals surface area contributed by atoms with Crippen LogP contribution in [0.15, 0.2) is 37.1 Å². The minimum Gasteiger partial charge on any atom is -0.346 e. The van der Waals surface area contributed by atoms with Crippen LogP contribution in [0.5, 0.6) is 0 Å². The van der Waals surface area contributed by atoms with Crippen LogP contribution < -0.4 is 0 Å². The van der Waals surface area contributed by atoms with E-state index in [0.29, 0.717) is 6.54 Å². The standard InChI is InChI=1S/C12H9N5/c1(7-17-8-2-5-16-17)3-11-10-4-6-13-12(10)15-9-14-11/h2,4-6,8-9H,7H2,(H,13,14,15). The number of aromatic amines is 1. The molecule has 0 unspecified atom stereocenters. The largest absolute Gasteiger partial charge is 0.346 e. The second-order valence-electron chi connectivity index (χ2n) is 3.47. The first-order valence-electron chi connectivity index (χ1n) is 5.18. The third kappa shape index (κ3) is 1.88. The van der Waals surface area contributed by atoms with Gasteiger partial charge in [0.15, 0.2) is 0 Å². The Labute approximate surface area is 97.5 Å². The lowest BCUT2D eigenvalue weighted by molar-refractivity contribution is 0.715. The highest BCUT2D eigenvalue weighted by atomic mass is 15.3. The molecule has 0 saturated heterocycles. The molecule has 0 aliphatic carbocycles. The third-order valence-electron chi connectivity index (χ3n) is 2.36. The summed E-state index contributed by atoms with van der Waals surface area (Å²) < 4.78 is 1.77. The molecule has 5 heteroatoms. The maximum absolute atomic E-state index is 4.16. The number of aromatic nitrogens is 5. The number of hydrogen-bond donors (Lipinski definition) is 1. The van der Waals surface area contributed by atoms with Crippen LogP contribution in [0.1, 0.15) is 5.69 Å². The third-order valence-corrected chi connectivity index (χ3v) is 2.36. The summed E-state index contributed by atoms with van der Waals surface area (Å²) in [5, 5.41) is 5.02.